The molecule has 0 aliphatic heterocycles. The molecule has 0 spiro atoms. The third-order valence-electron chi connectivity index (χ3n) is 9.74. The van der Waals surface area contributed by atoms with Crippen molar-refractivity contribution in [1.29, 1.82) is 0 Å². The average molecular weight is 849 g/mol. The van der Waals surface area contributed by atoms with Gasteiger partial charge in [-0.3, -0.25) is 9.35 Å². The van der Waals surface area contributed by atoms with Crippen LogP contribution >= 0.6 is 0 Å². The molecule has 1 amide bonds. The second-order valence-electron chi connectivity index (χ2n) is 15.3. The van der Waals surface area contributed by atoms with Crippen LogP contribution in [0, 0.1) is 0 Å². The molecule has 0 aliphatic carbocycles. The van der Waals surface area contributed by atoms with Gasteiger partial charge >= 0.3 is 37.7 Å². The van der Waals surface area contributed by atoms with E-state index in [-0.39, 0.29) is 67.5 Å². The number of amides is 1. The van der Waals surface area contributed by atoms with E-state index in [2.05, 4.69) is 24.2 Å². The number of hydrogen-bond donors (Lipinski definition) is 2. The fourth-order valence-corrected chi connectivity index (χ4v) is 7.48. The molecule has 0 radical (unpaired) electrons. The minimum Gasteiger partial charge on any atom is -0.862 e. The van der Waals surface area contributed by atoms with E-state index in [9.17, 15) is 31.3 Å². The molecule has 13 heteroatoms. The predicted octanol–water partition coefficient (Wildman–Crippen LogP) is 10.2. The average Bonchev–Trinajstić information content (AvgIpc) is 3.11. The van der Waals surface area contributed by atoms with Gasteiger partial charge in [-0.05, 0) is 50.8 Å². The van der Waals surface area contributed by atoms with Gasteiger partial charge in [0.05, 0.1) is 15.9 Å². The van der Waals surface area contributed by atoms with Crippen molar-refractivity contribution in [1.82, 2.24) is 5.32 Å². The molecule has 0 aromatic heterocycles. The maximum atomic E-state index is 11.6. The summed E-state index contributed by atoms with van der Waals surface area (Å²) in [5.41, 5.74) is 0. The van der Waals surface area contributed by atoms with Crippen molar-refractivity contribution >= 4 is 69.8 Å². The maximum absolute atomic E-state index is 11.6. The zero-order valence-corrected chi connectivity index (χ0v) is 39.5. The first kappa shape index (κ1) is 59.3. The standard InChI is InChI=1S/2C21H43NO4S.Ca/c2*1-2-3-4-5-6-7-8-9-10-11-12-13-14-15-18-21(23)22-19-16-17-20-27(24,25)26;/h2*2-20H2,1H3,(H,22,23)(H,24,25,26);/q;;+2/p-2. The van der Waals surface area contributed by atoms with E-state index in [1.54, 1.807) is 0 Å². The third-order valence-corrected chi connectivity index (χ3v) is 11.3. The summed E-state index contributed by atoms with van der Waals surface area (Å²) in [7, 11) is -8.01. The molecule has 10 nitrogen and oxygen atoms in total. The van der Waals surface area contributed by atoms with Gasteiger partial charge in [0, 0.05) is 25.3 Å². The normalized spacial score (nSPS) is 11.9. The van der Waals surface area contributed by atoms with Crippen LogP contribution in [-0.4, -0.2) is 100 Å². The molecular weight excluding hydrogens is 765 g/mol. The van der Waals surface area contributed by atoms with Crippen LogP contribution in [0.2, 0.25) is 0 Å². The van der Waals surface area contributed by atoms with Crippen LogP contribution in [0.15, 0.2) is 4.99 Å². The van der Waals surface area contributed by atoms with E-state index < -0.39 is 20.2 Å². The fraction of sp³-hybridized carbons (Fsp3) is 0.952. The van der Waals surface area contributed by atoms with Crippen molar-refractivity contribution in [3.63, 3.8) is 0 Å². The smallest absolute Gasteiger partial charge is 0.862 e. The number of aliphatic imine (C=N–C) groups is 1. The fourth-order valence-electron chi connectivity index (χ4n) is 6.35. The molecule has 0 heterocycles. The molecule has 0 atom stereocenters. The number of nitrogens with zero attached hydrogens (tertiary/aromatic N) is 1. The summed E-state index contributed by atoms with van der Waals surface area (Å²) in [6, 6.07) is 0. The Morgan fingerprint density at radius 3 is 1.22 bits per heavy atom. The summed E-state index contributed by atoms with van der Waals surface area (Å²) >= 11 is 0. The Labute approximate surface area is 369 Å². The second-order valence-corrected chi connectivity index (χ2v) is 18.4. The molecule has 2 N–H and O–H groups in total. The van der Waals surface area contributed by atoms with E-state index in [1.807, 2.05) is 0 Å². The first-order chi connectivity index (χ1) is 25.9. The van der Waals surface area contributed by atoms with Gasteiger partial charge in [0.25, 0.3) is 10.1 Å². The molecule has 0 unspecified atom stereocenters. The summed E-state index contributed by atoms with van der Waals surface area (Å²) in [5, 5.41) is 14.4. The maximum Gasteiger partial charge on any atom is 2.00 e. The first-order valence-electron chi connectivity index (χ1n) is 22.3. The van der Waals surface area contributed by atoms with Gasteiger partial charge in [0.15, 0.2) is 0 Å². The van der Waals surface area contributed by atoms with E-state index in [0.717, 1.165) is 25.7 Å². The molecule has 55 heavy (non-hydrogen) atoms. The minimum absolute atomic E-state index is 0. The Hall–Kier alpha value is 0.0197. The molecule has 0 aromatic rings. The number of hydrogen-bond acceptors (Lipinski definition) is 8. The van der Waals surface area contributed by atoms with Crippen LogP contribution in [0.25, 0.3) is 0 Å². The molecule has 0 aliphatic rings. The molecular formula is C42H84CaN2O8S2. The van der Waals surface area contributed by atoms with Crippen molar-refractivity contribution < 1.29 is 35.8 Å². The molecule has 0 rings (SSSR count). The van der Waals surface area contributed by atoms with Crippen LogP contribution in [0.3, 0.4) is 0 Å². The number of nitrogens with one attached hydrogen (secondary N) is 1. The molecule has 0 aromatic carbocycles. The molecule has 0 bridgehead atoms. The molecule has 0 fully saturated rings. The SMILES string of the molecule is CCCCCCCCCCCCCCCCC(=O)NCCCCS(=O)(=O)O.CCCCCCCCCCCCCCCCC([O-])=NCCCCS(=O)(=O)[O-].[Ca+2]. The van der Waals surface area contributed by atoms with Gasteiger partial charge in [-0.15, -0.1) is 0 Å². The van der Waals surface area contributed by atoms with Gasteiger partial charge in [0.1, 0.15) is 0 Å². The largest absolute Gasteiger partial charge is 2.00 e. The Morgan fingerprint density at radius 1 is 0.509 bits per heavy atom. The Balaban J connectivity index is -0.000000966. The minimum atomic E-state index is -4.14. The van der Waals surface area contributed by atoms with Crippen molar-refractivity contribution in [2.45, 2.75) is 232 Å². The van der Waals surface area contributed by atoms with Crippen molar-refractivity contribution in [2.24, 2.45) is 4.99 Å². The van der Waals surface area contributed by atoms with Gasteiger partial charge in [-0.1, -0.05) is 181 Å². The van der Waals surface area contributed by atoms with Crippen LogP contribution in [0.1, 0.15) is 232 Å². The zero-order valence-electron chi connectivity index (χ0n) is 35.6. The summed E-state index contributed by atoms with van der Waals surface area (Å²) in [6.45, 7) is 5.32. The topological polar surface area (TPSA) is 176 Å². The number of carbonyl (C=O) groups is 1. The second kappa shape index (κ2) is 45.1. The number of carbonyl (C=O) groups excluding carboxylic acids is 1. The van der Waals surface area contributed by atoms with E-state index in [1.165, 1.54) is 154 Å². The summed E-state index contributed by atoms with van der Waals surface area (Å²) < 4.78 is 61.0. The van der Waals surface area contributed by atoms with Crippen molar-refractivity contribution in [3.05, 3.63) is 0 Å². The molecule has 324 valence electrons. The summed E-state index contributed by atoms with van der Waals surface area (Å²) in [5.74, 6) is -0.656. The van der Waals surface area contributed by atoms with Gasteiger partial charge in [0.2, 0.25) is 5.91 Å². The van der Waals surface area contributed by atoms with Crippen LogP contribution < -0.4 is 10.4 Å². The van der Waals surface area contributed by atoms with Gasteiger partial charge < -0.3 is 20.0 Å². The Bertz CT molecular complexity index is 1060. The quantitative estimate of drug-likeness (QED) is 0.0201. The first-order valence-corrected chi connectivity index (χ1v) is 25.5. The molecule has 0 saturated heterocycles. The van der Waals surface area contributed by atoms with Crippen molar-refractivity contribution in [3.8, 4) is 0 Å². The zero-order chi connectivity index (χ0) is 40.4. The number of rotatable bonds is 40. The van der Waals surface area contributed by atoms with Gasteiger partial charge in [-0.25, -0.2) is 8.42 Å². The van der Waals surface area contributed by atoms with E-state index >= 15 is 0 Å². The number of unbranched alkanes of at least 4 members (excludes halogenated alkanes) is 28. The predicted molar refractivity (Wildman–Crippen MR) is 230 cm³/mol. The third kappa shape index (κ3) is 58.4. The Kier molecular flexibility index (Phi) is 48.7. The van der Waals surface area contributed by atoms with E-state index in [0.29, 0.717) is 45.2 Å². The van der Waals surface area contributed by atoms with Crippen LogP contribution in [0.5, 0.6) is 0 Å². The Morgan fingerprint density at radius 2 is 0.855 bits per heavy atom. The van der Waals surface area contributed by atoms with Crippen molar-refractivity contribution in [2.75, 3.05) is 24.6 Å². The van der Waals surface area contributed by atoms with E-state index in [4.69, 9.17) is 4.55 Å². The molecule has 0 saturated carbocycles. The van der Waals surface area contributed by atoms with Crippen LogP contribution in [-0.2, 0) is 25.0 Å². The monoisotopic (exact) mass is 849 g/mol. The summed E-state index contributed by atoms with van der Waals surface area (Å²) in [6.07, 6.45) is 39.1. The summed E-state index contributed by atoms with van der Waals surface area (Å²) in [4.78, 5) is 15.5. The van der Waals surface area contributed by atoms with Gasteiger partial charge in [-0.2, -0.15) is 8.42 Å². The van der Waals surface area contributed by atoms with Crippen LogP contribution in [0.4, 0.5) is 0 Å².